The number of aliphatic hydroxyl groups excluding tert-OH is 1. The second-order valence-corrected chi connectivity index (χ2v) is 6.36. The Hall–Kier alpha value is -1.29. The highest BCUT2D eigenvalue weighted by Gasteiger charge is 2.29. The molecule has 112 valence electrons. The fourth-order valence-electron chi connectivity index (χ4n) is 2.47. The molecule has 0 radical (unpaired) electrons. The number of benzene rings is 2. The molecule has 0 bridgehead atoms. The van der Waals surface area contributed by atoms with Gasteiger partial charge in [-0.25, -0.2) is 0 Å². The first-order valence-electron chi connectivity index (χ1n) is 7.25. The molecule has 0 fully saturated rings. The van der Waals surface area contributed by atoms with Gasteiger partial charge in [-0.15, -0.1) is 11.8 Å². The van der Waals surface area contributed by atoms with Crippen molar-refractivity contribution in [3.8, 4) is 0 Å². The minimum absolute atomic E-state index is 0.0991. The van der Waals surface area contributed by atoms with Crippen LogP contribution in [0.3, 0.4) is 0 Å². The Balaban J connectivity index is 2.06. The molecule has 2 nitrogen and oxygen atoms in total. The summed E-state index contributed by atoms with van der Waals surface area (Å²) in [4.78, 5) is 1.31. The van der Waals surface area contributed by atoms with Gasteiger partial charge in [0.25, 0.3) is 0 Å². The zero-order valence-electron chi connectivity index (χ0n) is 12.7. The van der Waals surface area contributed by atoms with Crippen molar-refractivity contribution in [2.75, 3.05) is 19.4 Å². The van der Waals surface area contributed by atoms with Crippen molar-refractivity contribution in [2.45, 2.75) is 23.8 Å². The summed E-state index contributed by atoms with van der Waals surface area (Å²) in [6, 6.07) is 18.6. The second-order valence-electron chi connectivity index (χ2n) is 5.22. The first-order valence-corrected chi connectivity index (χ1v) is 8.24. The maximum atomic E-state index is 9.91. The van der Waals surface area contributed by atoms with Crippen LogP contribution in [0.15, 0.2) is 59.5 Å². The van der Waals surface area contributed by atoms with E-state index >= 15 is 0 Å². The Morgan fingerprint density at radius 1 is 1.05 bits per heavy atom. The number of thioether (sulfide) groups is 1. The number of hydrogen-bond donors (Lipinski definition) is 2. The van der Waals surface area contributed by atoms with E-state index in [4.69, 9.17) is 0 Å². The van der Waals surface area contributed by atoms with E-state index in [2.05, 4.69) is 48.6 Å². The largest absolute Gasteiger partial charge is 0.394 e. The Morgan fingerprint density at radius 2 is 1.71 bits per heavy atom. The van der Waals surface area contributed by atoms with Gasteiger partial charge in [-0.2, -0.15) is 0 Å². The van der Waals surface area contributed by atoms with Gasteiger partial charge in [0, 0.05) is 10.6 Å². The third-order valence-electron chi connectivity index (χ3n) is 3.95. The van der Waals surface area contributed by atoms with Crippen LogP contribution in [0.1, 0.15) is 17.5 Å². The molecule has 0 aromatic heterocycles. The number of aryl methyl sites for hydroxylation is 1. The number of likely N-dealkylation sites (N-methyl/N-ethyl adjacent to an activating group) is 1. The predicted octanol–water partition coefficient (Wildman–Crippen LogP) is 3.58. The zero-order valence-corrected chi connectivity index (χ0v) is 13.5. The normalized spacial score (nSPS) is 13.9. The highest BCUT2D eigenvalue weighted by atomic mass is 32.2. The molecule has 0 aliphatic carbocycles. The number of hydrogen-bond acceptors (Lipinski definition) is 3. The quantitative estimate of drug-likeness (QED) is 0.767. The van der Waals surface area contributed by atoms with E-state index in [1.54, 1.807) is 0 Å². The van der Waals surface area contributed by atoms with E-state index in [0.29, 0.717) is 0 Å². The number of rotatable bonds is 7. The molecular formula is C18H23NOS. The summed E-state index contributed by atoms with van der Waals surface area (Å²) >= 11 is 1.85. The summed E-state index contributed by atoms with van der Waals surface area (Å²) in [7, 11) is 1.92. The van der Waals surface area contributed by atoms with Crippen molar-refractivity contribution in [3.63, 3.8) is 0 Å². The molecule has 0 aliphatic heterocycles. The first kappa shape index (κ1) is 16.1. The SMILES string of the molecule is CNC(CO)(CCSc1ccccc1C)c1ccccc1. The number of aliphatic hydroxyl groups is 1. The van der Waals surface area contributed by atoms with Crippen LogP contribution >= 0.6 is 11.8 Å². The second kappa shape index (κ2) is 7.64. The molecule has 2 N–H and O–H groups in total. The van der Waals surface area contributed by atoms with Gasteiger partial charge < -0.3 is 10.4 Å². The first-order chi connectivity index (χ1) is 10.2. The highest BCUT2D eigenvalue weighted by molar-refractivity contribution is 7.99. The minimum Gasteiger partial charge on any atom is -0.394 e. The molecule has 0 saturated carbocycles. The average molecular weight is 301 g/mol. The maximum Gasteiger partial charge on any atom is 0.0674 e. The van der Waals surface area contributed by atoms with E-state index < -0.39 is 0 Å². The van der Waals surface area contributed by atoms with Crippen LogP contribution in [0.4, 0.5) is 0 Å². The maximum absolute atomic E-state index is 9.91. The Kier molecular flexibility index (Phi) is 5.85. The van der Waals surface area contributed by atoms with Crippen molar-refractivity contribution in [3.05, 3.63) is 65.7 Å². The summed E-state index contributed by atoms with van der Waals surface area (Å²) < 4.78 is 0. The van der Waals surface area contributed by atoms with Crippen molar-refractivity contribution in [2.24, 2.45) is 0 Å². The van der Waals surface area contributed by atoms with Gasteiger partial charge in [-0.3, -0.25) is 0 Å². The smallest absolute Gasteiger partial charge is 0.0674 e. The van der Waals surface area contributed by atoms with Crippen molar-refractivity contribution in [1.29, 1.82) is 0 Å². The zero-order chi connectivity index (χ0) is 15.1. The van der Waals surface area contributed by atoms with Crippen LogP contribution in [0.2, 0.25) is 0 Å². The molecule has 2 aromatic carbocycles. The lowest BCUT2D eigenvalue weighted by Crippen LogP contribution is -2.44. The Labute approximate surface area is 131 Å². The lowest BCUT2D eigenvalue weighted by molar-refractivity contribution is 0.165. The fourth-order valence-corrected chi connectivity index (χ4v) is 3.61. The Bertz CT molecular complexity index is 552. The third-order valence-corrected chi connectivity index (χ3v) is 5.13. The van der Waals surface area contributed by atoms with E-state index in [1.165, 1.54) is 10.5 Å². The molecule has 3 heteroatoms. The van der Waals surface area contributed by atoms with Crippen LogP contribution in [-0.2, 0) is 5.54 Å². The molecule has 2 rings (SSSR count). The summed E-state index contributed by atoms with van der Waals surface area (Å²) in [6.07, 6.45) is 0.878. The van der Waals surface area contributed by atoms with Gasteiger partial charge in [0.05, 0.1) is 12.1 Å². The number of nitrogens with one attached hydrogen (secondary N) is 1. The summed E-state index contributed by atoms with van der Waals surface area (Å²) in [5.41, 5.74) is 2.08. The van der Waals surface area contributed by atoms with Crippen LogP contribution < -0.4 is 5.32 Å². The minimum atomic E-state index is -0.364. The van der Waals surface area contributed by atoms with Gasteiger partial charge in [-0.05, 0) is 37.6 Å². The molecule has 0 aliphatic rings. The average Bonchev–Trinajstić information content (AvgIpc) is 2.54. The van der Waals surface area contributed by atoms with Crippen molar-refractivity contribution in [1.82, 2.24) is 5.32 Å². The van der Waals surface area contributed by atoms with Crippen molar-refractivity contribution < 1.29 is 5.11 Å². The molecule has 0 heterocycles. The molecule has 1 atom stereocenters. The molecular weight excluding hydrogens is 278 g/mol. The standard InChI is InChI=1S/C18H23NOS/c1-15-8-6-7-11-17(15)21-13-12-18(14-20,19-2)16-9-4-3-5-10-16/h3-11,19-20H,12-14H2,1-2H3. The lowest BCUT2D eigenvalue weighted by atomic mass is 9.88. The fraction of sp³-hybridized carbons (Fsp3) is 0.333. The van der Waals surface area contributed by atoms with Crippen molar-refractivity contribution >= 4 is 11.8 Å². The van der Waals surface area contributed by atoms with Crippen LogP contribution in [0.5, 0.6) is 0 Å². The van der Waals surface area contributed by atoms with Gasteiger partial charge in [0.2, 0.25) is 0 Å². The Morgan fingerprint density at radius 3 is 2.33 bits per heavy atom. The predicted molar refractivity (Wildman–Crippen MR) is 90.8 cm³/mol. The molecule has 0 saturated heterocycles. The summed E-state index contributed by atoms with van der Waals surface area (Å²) in [6.45, 7) is 2.23. The van der Waals surface area contributed by atoms with E-state index in [0.717, 1.165) is 17.7 Å². The molecule has 0 amide bonds. The summed E-state index contributed by atoms with van der Waals surface area (Å²) in [5.74, 6) is 0.959. The van der Waals surface area contributed by atoms with Gasteiger partial charge in [-0.1, -0.05) is 48.5 Å². The molecule has 21 heavy (non-hydrogen) atoms. The van der Waals surface area contributed by atoms with Crippen LogP contribution in [0.25, 0.3) is 0 Å². The lowest BCUT2D eigenvalue weighted by Gasteiger charge is -2.32. The molecule has 1 unspecified atom stereocenters. The topological polar surface area (TPSA) is 32.3 Å². The van der Waals surface area contributed by atoms with Gasteiger partial charge in [0.1, 0.15) is 0 Å². The van der Waals surface area contributed by atoms with Crippen LogP contribution in [0, 0.1) is 6.92 Å². The summed E-state index contributed by atoms with van der Waals surface area (Å²) in [5, 5.41) is 13.2. The van der Waals surface area contributed by atoms with Gasteiger partial charge >= 0.3 is 0 Å². The van der Waals surface area contributed by atoms with E-state index in [1.807, 2.05) is 37.0 Å². The molecule has 2 aromatic rings. The van der Waals surface area contributed by atoms with E-state index in [9.17, 15) is 5.11 Å². The van der Waals surface area contributed by atoms with E-state index in [-0.39, 0.29) is 12.1 Å². The highest BCUT2D eigenvalue weighted by Crippen LogP contribution is 2.29. The third kappa shape index (κ3) is 3.88. The van der Waals surface area contributed by atoms with Gasteiger partial charge in [0.15, 0.2) is 0 Å². The van der Waals surface area contributed by atoms with Crippen LogP contribution in [-0.4, -0.2) is 24.5 Å². The molecule has 0 spiro atoms. The monoisotopic (exact) mass is 301 g/mol.